The van der Waals surface area contributed by atoms with Crippen LogP contribution in [0.2, 0.25) is 0 Å². The molecule has 0 spiro atoms. The van der Waals surface area contributed by atoms with Crippen molar-refractivity contribution in [3.8, 4) is 0 Å². The van der Waals surface area contributed by atoms with Crippen molar-refractivity contribution in [3.05, 3.63) is 38.0 Å². The molecule has 0 aliphatic rings. The molecule has 0 bridgehead atoms. The molecule has 1 atom stereocenters. The molecule has 2 heterocycles. The average Bonchev–Trinajstić information content (AvgIpc) is 2.85. The van der Waals surface area contributed by atoms with Gasteiger partial charge in [0, 0.05) is 17.0 Å². The maximum Gasteiger partial charge on any atom is 0.325 e. The number of nitrogens with zero attached hydrogens (tertiary/aromatic N) is 2. The Morgan fingerprint density at radius 3 is 2.62 bits per heavy atom. The number of nitrogens with one attached hydrogen (secondary N) is 2. The number of aromatic nitrogens is 4. The van der Waals surface area contributed by atoms with E-state index < -0.39 is 11.2 Å². The zero-order valence-electron chi connectivity index (χ0n) is 12.0. The summed E-state index contributed by atoms with van der Waals surface area (Å²) in [6.45, 7) is 5.59. The highest BCUT2D eigenvalue weighted by molar-refractivity contribution is 7.98. The molecule has 0 amide bonds. The second-order valence-corrected chi connectivity index (χ2v) is 5.90. The summed E-state index contributed by atoms with van der Waals surface area (Å²) >= 11 is 1.22. The summed E-state index contributed by atoms with van der Waals surface area (Å²) in [4.78, 5) is 27.5. The highest BCUT2D eigenvalue weighted by Crippen LogP contribution is 2.24. The fourth-order valence-corrected chi connectivity index (χ4v) is 2.49. The molecule has 0 saturated heterocycles. The molecule has 0 aromatic carbocycles. The van der Waals surface area contributed by atoms with Gasteiger partial charge in [-0.3, -0.25) is 9.78 Å². The van der Waals surface area contributed by atoms with E-state index in [0.717, 1.165) is 0 Å². The van der Waals surface area contributed by atoms with Crippen molar-refractivity contribution in [1.29, 1.82) is 0 Å². The lowest BCUT2D eigenvalue weighted by Gasteiger charge is -2.09. The first kappa shape index (κ1) is 15.5. The maximum absolute atomic E-state index is 11.7. The topological polar surface area (TPSA) is 131 Å². The van der Waals surface area contributed by atoms with Crippen molar-refractivity contribution in [3.63, 3.8) is 0 Å². The Morgan fingerprint density at radius 1 is 1.29 bits per heavy atom. The van der Waals surface area contributed by atoms with Gasteiger partial charge in [-0.15, -0.1) is 10.2 Å². The van der Waals surface area contributed by atoms with Crippen molar-refractivity contribution in [2.45, 2.75) is 37.8 Å². The molecule has 0 fully saturated rings. The molecule has 0 saturated carbocycles. The highest BCUT2D eigenvalue weighted by Gasteiger charge is 2.18. The Labute approximate surface area is 124 Å². The third-order valence-corrected chi connectivity index (χ3v) is 3.87. The molecule has 21 heavy (non-hydrogen) atoms. The zero-order valence-corrected chi connectivity index (χ0v) is 12.8. The van der Waals surface area contributed by atoms with Gasteiger partial charge in [-0.05, 0) is 12.8 Å². The lowest BCUT2D eigenvalue weighted by Crippen LogP contribution is -2.26. The van der Waals surface area contributed by atoms with E-state index in [1.54, 1.807) is 6.92 Å². The highest BCUT2D eigenvalue weighted by atomic mass is 32.2. The van der Waals surface area contributed by atoms with E-state index in [-0.39, 0.29) is 12.0 Å². The minimum Gasteiger partial charge on any atom is -0.414 e. The first-order chi connectivity index (χ1) is 9.88. The molecule has 114 valence electrons. The molecule has 2 aromatic heterocycles. The number of hydrogen-bond acceptors (Lipinski definition) is 7. The third-order valence-electron chi connectivity index (χ3n) is 3.02. The molecule has 2 aromatic rings. The summed E-state index contributed by atoms with van der Waals surface area (Å²) in [5, 5.41) is 8.14. The number of thioether (sulfide) groups is 1. The Morgan fingerprint density at radius 2 is 2.00 bits per heavy atom. The first-order valence-electron chi connectivity index (χ1n) is 6.42. The summed E-state index contributed by atoms with van der Waals surface area (Å²) in [6.07, 6.45) is 0. The fourth-order valence-electron chi connectivity index (χ4n) is 1.63. The van der Waals surface area contributed by atoms with E-state index in [2.05, 4.69) is 20.2 Å². The van der Waals surface area contributed by atoms with Crippen LogP contribution in [0.3, 0.4) is 0 Å². The molecular formula is C12H17N5O3S. The lowest BCUT2D eigenvalue weighted by molar-refractivity contribution is 0.349. The minimum atomic E-state index is -0.519. The monoisotopic (exact) mass is 311 g/mol. The smallest absolute Gasteiger partial charge is 0.325 e. The van der Waals surface area contributed by atoms with Gasteiger partial charge in [0.05, 0.1) is 6.04 Å². The normalized spacial score (nSPS) is 12.8. The van der Waals surface area contributed by atoms with Crippen molar-refractivity contribution in [2.75, 3.05) is 0 Å². The number of nitrogens with two attached hydrogens (primary N) is 1. The lowest BCUT2D eigenvalue weighted by atomic mass is 10.1. The molecule has 8 nitrogen and oxygen atoms in total. The van der Waals surface area contributed by atoms with Crippen molar-refractivity contribution < 1.29 is 4.42 Å². The Balaban J connectivity index is 2.11. The van der Waals surface area contributed by atoms with Crippen LogP contribution >= 0.6 is 11.8 Å². The van der Waals surface area contributed by atoms with Crippen LogP contribution in [-0.2, 0) is 5.75 Å². The van der Waals surface area contributed by atoms with Gasteiger partial charge in [0.25, 0.3) is 10.8 Å². The van der Waals surface area contributed by atoms with E-state index in [1.165, 1.54) is 11.8 Å². The summed E-state index contributed by atoms with van der Waals surface area (Å²) < 4.78 is 5.46. The second kappa shape index (κ2) is 6.27. The number of aryl methyl sites for hydroxylation is 1. The van der Waals surface area contributed by atoms with Gasteiger partial charge in [0.2, 0.25) is 5.89 Å². The van der Waals surface area contributed by atoms with Crippen molar-refractivity contribution in [2.24, 2.45) is 11.7 Å². The Kier molecular flexibility index (Phi) is 4.63. The van der Waals surface area contributed by atoms with Crippen LogP contribution in [0.5, 0.6) is 0 Å². The van der Waals surface area contributed by atoms with E-state index in [9.17, 15) is 9.59 Å². The van der Waals surface area contributed by atoms with Gasteiger partial charge >= 0.3 is 5.69 Å². The number of hydrogen-bond donors (Lipinski definition) is 3. The van der Waals surface area contributed by atoms with Gasteiger partial charge in [0.1, 0.15) is 0 Å². The first-order valence-corrected chi connectivity index (χ1v) is 7.41. The SMILES string of the molecule is Cc1[nH]c(=O)[nH]c(=O)c1CSc1nnc(C(N)C(C)C)o1. The number of H-pyrrole nitrogens is 2. The quantitative estimate of drug-likeness (QED) is 0.693. The minimum absolute atomic E-state index is 0.188. The molecule has 0 aliphatic heterocycles. The predicted molar refractivity (Wildman–Crippen MR) is 78.0 cm³/mol. The van der Waals surface area contributed by atoms with Crippen LogP contribution in [-0.4, -0.2) is 20.2 Å². The number of aromatic amines is 2. The molecule has 9 heteroatoms. The largest absolute Gasteiger partial charge is 0.414 e. The molecular weight excluding hydrogens is 294 g/mol. The van der Waals surface area contributed by atoms with Crippen LogP contribution in [0, 0.1) is 12.8 Å². The molecule has 2 rings (SSSR count). The maximum atomic E-state index is 11.7. The average molecular weight is 311 g/mol. The van der Waals surface area contributed by atoms with Crippen LogP contribution in [0.1, 0.15) is 37.0 Å². The summed E-state index contributed by atoms with van der Waals surface area (Å²) in [5.41, 5.74) is 5.98. The summed E-state index contributed by atoms with van der Waals surface area (Å²) in [5.74, 6) is 0.878. The number of rotatable bonds is 5. The van der Waals surface area contributed by atoms with Crippen LogP contribution in [0.4, 0.5) is 0 Å². The van der Waals surface area contributed by atoms with Gasteiger partial charge in [0.15, 0.2) is 0 Å². The molecule has 0 aliphatic carbocycles. The van der Waals surface area contributed by atoms with Gasteiger partial charge in [-0.1, -0.05) is 25.6 Å². The van der Waals surface area contributed by atoms with E-state index in [4.69, 9.17) is 10.2 Å². The second-order valence-electron chi connectivity index (χ2n) is 4.98. The van der Waals surface area contributed by atoms with Gasteiger partial charge < -0.3 is 15.1 Å². The summed E-state index contributed by atoms with van der Waals surface area (Å²) in [6, 6.07) is -0.315. The van der Waals surface area contributed by atoms with E-state index >= 15 is 0 Å². The van der Waals surface area contributed by atoms with Crippen LogP contribution < -0.4 is 17.0 Å². The van der Waals surface area contributed by atoms with Crippen molar-refractivity contribution in [1.82, 2.24) is 20.2 Å². The Bertz CT molecular complexity index is 733. The standard InChI is InChI=1S/C12H17N5O3S/c1-5(2)8(13)10-16-17-12(20-10)21-4-7-6(3)14-11(19)15-9(7)18/h5,8H,4,13H2,1-3H3,(H2,14,15,18,19). The summed E-state index contributed by atoms with van der Waals surface area (Å²) in [7, 11) is 0. The zero-order chi connectivity index (χ0) is 15.6. The van der Waals surface area contributed by atoms with Crippen LogP contribution in [0.15, 0.2) is 19.2 Å². The van der Waals surface area contributed by atoms with Gasteiger partial charge in [-0.2, -0.15) is 0 Å². The predicted octanol–water partition coefficient (Wildman–Crippen LogP) is 0.703. The third kappa shape index (κ3) is 3.61. The molecule has 0 radical (unpaired) electrons. The van der Waals surface area contributed by atoms with E-state index in [0.29, 0.717) is 28.1 Å². The van der Waals surface area contributed by atoms with Gasteiger partial charge in [-0.25, -0.2) is 4.79 Å². The fraction of sp³-hybridized carbons (Fsp3) is 0.500. The molecule has 4 N–H and O–H groups in total. The van der Waals surface area contributed by atoms with Crippen molar-refractivity contribution >= 4 is 11.8 Å². The Hall–Kier alpha value is -1.87. The van der Waals surface area contributed by atoms with Crippen LogP contribution in [0.25, 0.3) is 0 Å². The molecule has 1 unspecified atom stereocenters. The van der Waals surface area contributed by atoms with E-state index in [1.807, 2.05) is 13.8 Å².